The van der Waals surface area contributed by atoms with E-state index in [1.807, 2.05) is 0 Å². The van der Waals surface area contributed by atoms with Crippen LogP contribution in [-0.2, 0) is 4.74 Å². The van der Waals surface area contributed by atoms with Gasteiger partial charge in [-0.1, -0.05) is 0 Å². The predicted molar refractivity (Wildman–Crippen MR) is 96.9 cm³/mol. The van der Waals surface area contributed by atoms with Crippen molar-refractivity contribution in [2.45, 2.75) is 39.2 Å². The van der Waals surface area contributed by atoms with Crippen LogP contribution in [0.2, 0.25) is 0 Å². The van der Waals surface area contributed by atoms with Crippen molar-refractivity contribution >= 4 is 27.9 Å². The molecule has 0 spiro atoms. The number of amides is 2. The maximum Gasteiger partial charge on any atom is 0.407 e. The molecular weight excluding hydrogens is 410 g/mol. The van der Waals surface area contributed by atoms with E-state index in [1.54, 1.807) is 20.8 Å². The molecule has 0 unspecified atom stereocenters. The van der Waals surface area contributed by atoms with Gasteiger partial charge in [0.25, 0.3) is 5.91 Å². The first-order chi connectivity index (χ1) is 12.1. The third-order valence-electron chi connectivity index (χ3n) is 4.08. The van der Waals surface area contributed by atoms with E-state index in [9.17, 15) is 18.4 Å². The Kier molecular flexibility index (Phi) is 6.60. The zero-order chi connectivity index (χ0) is 19.5. The average molecular weight is 433 g/mol. The number of nitrogens with one attached hydrogen (secondary N) is 1. The minimum atomic E-state index is -0.753. The standard InChI is InChI=1S/C18H23BrF2N2O3/c1-18(2,3)26-17(25)22-10-11-4-6-23(7-5-11)16(24)12-8-15(21)13(19)9-14(12)20/h8-9,11H,4-7,10H2,1-3H3,(H,22,25). The van der Waals surface area contributed by atoms with Gasteiger partial charge in [-0.05, 0) is 67.6 Å². The SMILES string of the molecule is CC(C)(C)OC(=O)NCC1CCN(C(=O)c2cc(F)c(Br)cc2F)CC1. The first kappa shape index (κ1) is 20.6. The van der Waals surface area contributed by atoms with Gasteiger partial charge < -0.3 is 15.0 Å². The lowest BCUT2D eigenvalue weighted by molar-refractivity contribution is 0.0499. The van der Waals surface area contributed by atoms with E-state index in [0.717, 1.165) is 12.1 Å². The summed E-state index contributed by atoms with van der Waals surface area (Å²) in [5.74, 6) is -1.74. The Morgan fingerprint density at radius 2 is 1.85 bits per heavy atom. The summed E-state index contributed by atoms with van der Waals surface area (Å²) < 4.78 is 32.7. The number of hydrogen-bond donors (Lipinski definition) is 1. The van der Waals surface area contributed by atoms with E-state index in [4.69, 9.17) is 4.74 Å². The summed E-state index contributed by atoms with van der Waals surface area (Å²) in [6.07, 6.45) is 0.869. The Morgan fingerprint density at radius 1 is 1.23 bits per heavy atom. The Balaban J connectivity index is 1.85. The smallest absolute Gasteiger partial charge is 0.407 e. The summed E-state index contributed by atoms with van der Waals surface area (Å²) in [5, 5.41) is 2.73. The third-order valence-corrected chi connectivity index (χ3v) is 4.68. The van der Waals surface area contributed by atoms with Gasteiger partial charge in [0, 0.05) is 19.6 Å². The van der Waals surface area contributed by atoms with Crippen LogP contribution in [0, 0.1) is 17.6 Å². The van der Waals surface area contributed by atoms with Crippen LogP contribution in [0.5, 0.6) is 0 Å². The number of carbonyl (C=O) groups is 2. The van der Waals surface area contributed by atoms with E-state index in [1.165, 1.54) is 4.90 Å². The first-order valence-electron chi connectivity index (χ1n) is 8.47. The molecule has 1 aromatic rings. The van der Waals surface area contributed by atoms with E-state index < -0.39 is 29.2 Å². The summed E-state index contributed by atoms with van der Waals surface area (Å²) in [6, 6.07) is 1.87. The van der Waals surface area contributed by atoms with E-state index in [-0.39, 0.29) is 16.0 Å². The fourth-order valence-corrected chi connectivity index (χ4v) is 3.05. The van der Waals surface area contributed by atoms with Crippen LogP contribution in [0.3, 0.4) is 0 Å². The highest BCUT2D eigenvalue weighted by Crippen LogP contribution is 2.23. The number of halogens is 3. The number of rotatable bonds is 3. The molecule has 1 aromatic carbocycles. The highest BCUT2D eigenvalue weighted by atomic mass is 79.9. The van der Waals surface area contributed by atoms with E-state index in [2.05, 4.69) is 21.2 Å². The van der Waals surface area contributed by atoms with Gasteiger partial charge in [0.05, 0.1) is 10.0 Å². The number of piperidine rings is 1. The zero-order valence-corrected chi connectivity index (χ0v) is 16.7. The Morgan fingerprint density at radius 3 is 2.42 bits per heavy atom. The third kappa shape index (κ3) is 5.65. The van der Waals surface area contributed by atoms with E-state index >= 15 is 0 Å². The average Bonchev–Trinajstić information content (AvgIpc) is 2.54. The lowest BCUT2D eigenvalue weighted by atomic mass is 9.96. The van der Waals surface area contributed by atoms with Crippen LogP contribution in [0.1, 0.15) is 44.0 Å². The second-order valence-electron chi connectivity index (χ2n) is 7.36. The van der Waals surface area contributed by atoms with Crippen LogP contribution in [0.4, 0.5) is 13.6 Å². The van der Waals surface area contributed by atoms with Crippen molar-refractivity contribution in [3.05, 3.63) is 33.8 Å². The number of ether oxygens (including phenoxy) is 1. The number of hydrogen-bond acceptors (Lipinski definition) is 3. The molecule has 0 aromatic heterocycles. The molecular formula is C18H23BrF2N2O3. The Labute approximate surface area is 160 Å². The number of nitrogens with zero attached hydrogens (tertiary/aromatic N) is 1. The molecule has 1 heterocycles. The molecule has 2 amide bonds. The second kappa shape index (κ2) is 8.33. The molecule has 0 aliphatic carbocycles. The normalized spacial score (nSPS) is 15.7. The van der Waals surface area contributed by atoms with Crippen molar-refractivity contribution in [3.8, 4) is 0 Å². The van der Waals surface area contributed by atoms with Gasteiger partial charge in [-0.2, -0.15) is 0 Å². The monoisotopic (exact) mass is 432 g/mol. The van der Waals surface area contributed by atoms with Gasteiger partial charge in [-0.25, -0.2) is 13.6 Å². The van der Waals surface area contributed by atoms with Crippen molar-refractivity contribution in [1.82, 2.24) is 10.2 Å². The Bertz CT molecular complexity index is 684. The summed E-state index contributed by atoms with van der Waals surface area (Å²) >= 11 is 2.90. The van der Waals surface area contributed by atoms with Crippen LogP contribution < -0.4 is 5.32 Å². The highest BCUT2D eigenvalue weighted by molar-refractivity contribution is 9.10. The summed E-state index contributed by atoms with van der Waals surface area (Å²) in [6.45, 7) is 6.69. The molecule has 0 radical (unpaired) electrons. The van der Waals surface area contributed by atoms with Crippen LogP contribution in [0.15, 0.2) is 16.6 Å². The molecule has 144 valence electrons. The highest BCUT2D eigenvalue weighted by Gasteiger charge is 2.27. The van der Waals surface area contributed by atoms with Gasteiger partial charge in [-0.15, -0.1) is 0 Å². The van der Waals surface area contributed by atoms with Gasteiger partial charge in [0.15, 0.2) is 0 Å². The molecule has 1 aliphatic heterocycles. The number of carbonyl (C=O) groups excluding carboxylic acids is 2. The minimum Gasteiger partial charge on any atom is -0.444 e. The topological polar surface area (TPSA) is 58.6 Å². The molecule has 0 bridgehead atoms. The summed E-state index contributed by atoms with van der Waals surface area (Å²) in [4.78, 5) is 25.6. The van der Waals surface area contributed by atoms with Crippen LogP contribution >= 0.6 is 15.9 Å². The van der Waals surface area contributed by atoms with Crippen LogP contribution in [-0.4, -0.2) is 42.1 Å². The van der Waals surface area contributed by atoms with Crippen molar-refractivity contribution in [1.29, 1.82) is 0 Å². The number of benzene rings is 1. The molecule has 5 nitrogen and oxygen atoms in total. The van der Waals surface area contributed by atoms with Gasteiger partial charge >= 0.3 is 6.09 Å². The molecule has 1 aliphatic rings. The minimum absolute atomic E-state index is 0.0153. The molecule has 1 saturated heterocycles. The van der Waals surface area contributed by atoms with Gasteiger partial charge in [0.1, 0.15) is 17.2 Å². The van der Waals surface area contributed by atoms with Crippen LogP contribution in [0.25, 0.3) is 0 Å². The zero-order valence-electron chi connectivity index (χ0n) is 15.1. The fourth-order valence-electron chi connectivity index (χ4n) is 2.74. The van der Waals surface area contributed by atoms with Crippen molar-refractivity contribution in [2.75, 3.05) is 19.6 Å². The second-order valence-corrected chi connectivity index (χ2v) is 8.22. The number of alkyl carbamates (subject to hydrolysis) is 1. The molecule has 0 saturated carbocycles. The molecule has 2 rings (SSSR count). The summed E-state index contributed by atoms with van der Waals surface area (Å²) in [7, 11) is 0. The largest absolute Gasteiger partial charge is 0.444 e. The van der Waals surface area contributed by atoms with E-state index in [0.29, 0.717) is 32.5 Å². The van der Waals surface area contributed by atoms with Crippen molar-refractivity contribution < 1.29 is 23.1 Å². The fraction of sp³-hybridized carbons (Fsp3) is 0.556. The summed E-state index contributed by atoms with van der Waals surface area (Å²) in [5.41, 5.74) is -0.819. The van der Waals surface area contributed by atoms with Gasteiger partial charge in [0.2, 0.25) is 0 Å². The predicted octanol–water partition coefficient (Wildman–Crippen LogP) is 4.10. The lowest BCUT2D eigenvalue weighted by Gasteiger charge is -2.32. The lowest BCUT2D eigenvalue weighted by Crippen LogP contribution is -2.42. The molecule has 8 heteroatoms. The first-order valence-corrected chi connectivity index (χ1v) is 9.27. The van der Waals surface area contributed by atoms with Crippen molar-refractivity contribution in [2.24, 2.45) is 5.92 Å². The van der Waals surface area contributed by atoms with Crippen molar-refractivity contribution in [3.63, 3.8) is 0 Å². The maximum absolute atomic E-state index is 14.0. The molecule has 1 N–H and O–H groups in total. The van der Waals surface area contributed by atoms with Gasteiger partial charge in [-0.3, -0.25) is 4.79 Å². The molecule has 0 atom stereocenters. The quantitative estimate of drug-likeness (QED) is 0.731. The molecule has 1 fully saturated rings. The molecule has 26 heavy (non-hydrogen) atoms. The maximum atomic E-state index is 14.0. The Hall–Kier alpha value is -1.70. The number of likely N-dealkylation sites (tertiary alicyclic amines) is 1.